The number of hydrogen-bond donors (Lipinski definition) is 0. The van der Waals surface area contributed by atoms with Crippen LogP contribution in [0.25, 0.3) is 0 Å². The van der Waals surface area contributed by atoms with Crippen LogP contribution in [0.3, 0.4) is 0 Å². The van der Waals surface area contributed by atoms with Crippen LogP contribution < -0.4 is 0 Å². The molecule has 114 valence electrons. The Morgan fingerprint density at radius 1 is 1.20 bits per heavy atom. The maximum absolute atomic E-state index is 12.2. The number of rotatable bonds is 7. The number of sulfonamides is 1. The lowest BCUT2D eigenvalue weighted by atomic mass is 10.3. The second-order valence-corrected chi connectivity index (χ2v) is 8.27. The molecule has 1 aromatic rings. The summed E-state index contributed by atoms with van der Waals surface area (Å²) in [5.74, 6) is 0.758. The van der Waals surface area contributed by atoms with Crippen molar-refractivity contribution < 1.29 is 8.42 Å². The predicted molar refractivity (Wildman–Crippen MR) is 84.9 cm³/mol. The molecular weight excluding hydrogens is 316 g/mol. The summed E-state index contributed by atoms with van der Waals surface area (Å²) < 4.78 is 25.9. The lowest BCUT2D eigenvalue weighted by Crippen LogP contribution is -2.48. The number of halogens is 1. The van der Waals surface area contributed by atoms with Crippen molar-refractivity contribution in [3.8, 4) is 0 Å². The highest BCUT2D eigenvalue weighted by molar-refractivity contribution is 7.89. The molecule has 0 saturated carbocycles. The first-order valence-electron chi connectivity index (χ1n) is 6.89. The second-order valence-electron chi connectivity index (χ2n) is 5.02. The molecule has 1 saturated heterocycles. The van der Waals surface area contributed by atoms with Crippen molar-refractivity contribution in [3.63, 3.8) is 0 Å². The van der Waals surface area contributed by atoms with Gasteiger partial charge >= 0.3 is 0 Å². The standard InChI is InChI=1S/C13H21ClN2O2S2/c14-4-1-2-10-20(17,18)16-7-5-15(6-8-16)11-13-3-9-19-12-13/h3,9,12H,1-2,4-8,10-11H2. The highest BCUT2D eigenvalue weighted by Crippen LogP contribution is 2.14. The van der Waals surface area contributed by atoms with E-state index in [4.69, 9.17) is 11.6 Å². The molecule has 0 spiro atoms. The van der Waals surface area contributed by atoms with Crippen molar-refractivity contribution in [1.29, 1.82) is 0 Å². The smallest absolute Gasteiger partial charge is 0.214 e. The Kier molecular flexibility index (Phi) is 6.29. The molecule has 20 heavy (non-hydrogen) atoms. The average Bonchev–Trinajstić information content (AvgIpc) is 2.92. The highest BCUT2D eigenvalue weighted by Gasteiger charge is 2.26. The molecule has 1 aliphatic rings. The van der Waals surface area contributed by atoms with Gasteiger partial charge in [0.05, 0.1) is 5.75 Å². The second kappa shape index (κ2) is 7.75. The van der Waals surface area contributed by atoms with Crippen LogP contribution in [-0.4, -0.2) is 55.4 Å². The fourth-order valence-electron chi connectivity index (χ4n) is 2.31. The topological polar surface area (TPSA) is 40.6 Å². The highest BCUT2D eigenvalue weighted by atomic mass is 35.5. The fraction of sp³-hybridized carbons (Fsp3) is 0.692. The maximum atomic E-state index is 12.2. The van der Waals surface area contributed by atoms with Crippen LogP contribution in [0.1, 0.15) is 18.4 Å². The van der Waals surface area contributed by atoms with Gasteiger partial charge in [-0.1, -0.05) is 0 Å². The van der Waals surface area contributed by atoms with Crippen molar-refractivity contribution in [2.24, 2.45) is 0 Å². The summed E-state index contributed by atoms with van der Waals surface area (Å²) >= 11 is 7.29. The van der Waals surface area contributed by atoms with Crippen LogP contribution in [-0.2, 0) is 16.6 Å². The number of unbranched alkanes of at least 4 members (excludes halogenated alkanes) is 1. The van der Waals surface area contributed by atoms with Crippen molar-refractivity contribution in [2.45, 2.75) is 19.4 Å². The Morgan fingerprint density at radius 2 is 1.95 bits per heavy atom. The molecule has 0 aromatic carbocycles. The fourth-order valence-corrected chi connectivity index (χ4v) is 4.71. The molecule has 1 aromatic heterocycles. The predicted octanol–water partition coefficient (Wildman–Crippen LogP) is 2.21. The lowest BCUT2D eigenvalue weighted by molar-refractivity contribution is 0.182. The molecule has 2 rings (SSSR count). The van der Waals surface area contributed by atoms with Crippen LogP contribution in [0.15, 0.2) is 16.8 Å². The Bertz CT molecular complexity index is 482. The number of nitrogens with zero attached hydrogens (tertiary/aromatic N) is 2. The van der Waals surface area contributed by atoms with Gasteiger partial charge in [0, 0.05) is 38.6 Å². The Morgan fingerprint density at radius 3 is 2.55 bits per heavy atom. The molecule has 2 heterocycles. The summed E-state index contributed by atoms with van der Waals surface area (Å²) in [6, 6.07) is 2.12. The van der Waals surface area contributed by atoms with Crippen LogP contribution in [0, 0.1) is 0 Å². The number of alkyl halides is 1. The van der Waals surface area contributed by atoms with Crippen LogP contribution in [0.5, 0.6) is 0 Å². The monoisotopic (exact) mass is 336 g/mol. The number of hydrogen-bond acceptors (Lipinski definition) is 4. The molecule has 0 amide bonds. The molecule has 0 N–H and O–H groups in total. The van der Waals surface area contributed by atoms with Crippen LogP contribution >= 0.6 is 22.9 Å². The van der Waals surface area contributed by atoms with E-state index < -0.39 is 10.0 Å². The van der Waals surface area contributed by atoms with E-state index in [9.17, 15) is 8.42 Å². The summed E-state index contributed by atoms with van der Waals surface area (Å²) in [5.41, 5.74) is 1.31. The van der Waals surface area contributed by atoms with Gasteiger partial charge in [-0.15, -0.1) is 11.6 Å². The molecule has 4 nitrogen and oxygen atoms in total. The van der Waals surface area contributed by atoms with E-state index in [-0.39, 0.29) is 5.75 Å². The summed E-state index contributed by atoms with van der Waals surface area (Å²) in [5, 5.41) is 4.22. The summed E-state index contributed by atoms with van der Waals surface area (Å²) in [6.45, 7) is 3.75. The van der Waals surface area contributed by atoms with Gasteiger partial charge in [0.2, 0.25) is 10.0 Å². The van der Waals surface area contributed by atoms with Crippen molar-refractivity contribution >= 4 is 33.0 Å². The zero-order chi connectivity index (χ0) is 14.4. The molecule has 0 radical (unpaired) electrons. The average molecular weight is 337 g/mol. The largest absolute Gasteiger partial charge is 0.296 e. The maximum Gasteiger partial charge on any atom is 0.214 e. The van der Waals surface area contributed by atoms with E-state index in [1.165, 1.54) is 5.56 Å². The summed E-state index contributed by atoms with van der Waals surface area (Å²) in [6.07, 6.45) is 1.42. The van der Waals surface area contributed by atoms with Gasteiger partial charge in [0.15, 0.2) is 0 Å². The minimum atomic E-state index is -3.09. The molecule has 0 bridgehead atoms. The van der Waals surface area contributed by atoms with Crippen LogP contribution in [0.4, 0.5) is 0 Å². The lowest BCUT2D eigenvalue weighted by Gasteiger charge is -2.33. The van der Waals surface area contributed by atoms with Crippen LogP contribution in [0.2, 0.25) is 0 Å². The van der Waals surface area contributed by atoms with E-state index in [1.807, 2.05) is 0 Å². The molecular formula is C13H21ClN2O2S2. The van der Waals surface area contributed by atoms with Gasteiger partial charge in [-0.3, -0.25) is 4.90 Å². The first-order valence-corrected chi connectivity index (χ1v) is 9.98. The minimum absolute atomic E-state index is 0.226. The first kappa shape index (κ1) is 16.2. The summed E-state index contributed by atoms with van der Waals surface area (Å²) in [4.78, 5) is 2.31. The zero-order valence-corrected chi connectivity index (χ0v) is 13.9. The summed E-state index contributed by atoms with van der Waals surface area (Å²) in [7, 11) is -3.09. The van der Waals surface area contributed by atoms with E-state index >= 15 is 0 Å². The van der Waals surface area contributed by atoms with Gasteiger partial charge in [0.25, 0.3) is 0 Å². The van der Waals surface area contributed by atoms with E-state index in [1.54, 1.807) is 15.6 Å². The van der Waals surface area contributed by atoms with Crippen molar-refractivity contribution in [2.75, 3.05) is 37.8 Å². The molecule has 0 atom stereocenters. The normalized spacial score (nSPS) is 18.4. The van der Waals surface area contributed by atoms with E-state index in [0.717, 1.165) is 26.1 Å². The van der Waals surface area contributed by atoms with Gasteiger partial charge in [-0.25, -0.2) is 8.42 Å². The van der Waals surface area contributed by atoms with Gasteiger partial charge in [-0.2, -0.15) is 15.6 Å². The SMILES string of the molecule is O=S(=O)(CCCCCl)N1CCN(Cc2ccsc2)CC1. The molecule has 0 unspecified atom stereocenters. The third kappa shape index (κ3) is 4.70. The Balaban J connectivity index is 1.78. The van der Waals surface area contributed by atoms with E-state index in [0.29, 0.717) is 25.4 Å². The third-order valence-electron chi connectivity index (χ3n) is 3.50. The minimum Gasteiger partial charge on any atom is -0.296 e. The Labute approximate surface area is 130 Å². The number of thiophene rings is 1. The molecule has 1 aliphatic heterocycles. The molecule has 1 fully saturated rings. The van der Waals surface area contributed by atoms with Crippen molar-refractivity contribution in [3.05, 3.63) is 22.4 Å². The third-order valence-corrected chi connectivity index (χ3v) is 6.45. The first-order chi connectivity index (χ1) is 9.62. The molecule has 7 heteroatoms. The Hall–Kier alpha value is -0.140. The quantitative estimate of drug-likeness (QED) is 0.566. The zero-order valence-electron chi connectivity index (χ0n) is 11.5. The van der Waals surface area contributed by atoms with Gasteiger partial charge in [-0.05, 0) is 35.2 Å². The van der Waals surface area contributed by atoms with Crippen molar-refractivity contribution in [1.82, 2.24) is 9.21 Å². The van der Waals surface area contributed by atoms with Gasteiger partial charge < -0.3 is 0 Å². The molecule has 0 aliphatic carbocycles. The van der Waals surface area contributed by atoms with Gasteiger partial charge in [0.1, 0.15) is 0 Å². The van der Waals surface area contributed by atoms with E-state index in [2.05, 4.69) is 21.7 Å². The number of piperazine rings is 1.